The number of hydrogen-bond acceptors (Lipinski definition) is 4. The average Bonchev–Trinajstić information content (AvgIpc) is 2.43. The molecule has 0 atom stereocenters. The minimum absolute atomic E-state index is 0.122. The van der Waals surface area contributed by atoms with Crippen molar-refractivity contribution in [3.63, 3.8) is 0 Å². The number of aromatic nitrogens is 1. The summed E-state index contributed by atoms with van der Waals surface area (Å²) in [4.78, 5) is 16.8. The highest BCUT2D eigenvalue weighted by Crippen LogP contribution is 2.45. The van der Waals surface area contributed by atoms with Gasteiger partial charge in [0.25, 0.3) is 5.91 Å². The van der Waals surface area contributed by atoms with E-state index in [1.807, 2.05) is 18.2 Å². The highest BCUT2D eigenvalue weighted by Gasteiger charge is 2.19. The van der Waals surface area contributed by atoms with Crippen molar-refractivity contribution in [2.75, 3.05) is 7.05 Å². The van der Waals surface area contributed by atoms with Gasteiger partial charge in [-0.3, -0.25) is 4.79 Å². The first-order valence-corrected chi connectivity index (χ1v) is 6.26. The van der Waals surface area contributed by atoms with Crippen molar-refractivity contribution >= 4 is 17.7 Å². The Morgan fingerprint density at radius 3 is 3.06 bits per heavy atom. The molecular formula is C13H10N2O2S. The monoisotopic (exact) mass is 258 g/mol. The van der Waals surface area contributed by atoms with E-state index in [-0.39, 0.29) is 5.91 Å². The Hall–Kier alpha value is -2.01. The third kappa shape index (κ3) is 1.82. The Labute approximate surface area is 108 Å². The number of carbonyl (C=O) groups excluding carboxylic acids is 1. The first kappa shape index (κ1) is 11.1. The molecule has 0 aliphatic carbocycles. The fourth-order valence-electron chi connectivity index (χ4n) is 1.71. The molecule has 1 amide bonds. The molecule has 18 heavy (non-hydrogen) atoms. The molecule has 2 aromatic rings. The topological polar surface area (TPSA) is 51.2 Å². The van der Waals surface area contributed by atoms with Gasteiger partial charge in [0.05, 0.1) is 4.90 Å². The molecule has 0 unspecified atom stereocenters. The number of amides is 1. The van der Waals surface area contributed by atoms with Crippen molar-refractivity contribution in [2.45, 2.75) is 9.92 Å². The van der Waals surface area contributed by atoms with E-state index in [1.165, 1.54) is 0 Å². The van der Waals surface area contributed by atoms with E-state index in [1.54, 1.807) is 37.1 Å². The Kier molecular flexibility index (Phi) is 2.68. The van der Waals surface area contributed by atoms with Crippen molar-refractivity contribution < 1.29 is 9.53 Å². The molecule has 1 aliphatic rings. The predicted octanol–water partition coefficient (Wildman–Crippen LogP) is 2.70. The quantitative estimate of drug-likeness (QED) is 0.729. The molecule has 0 saturated carbocycles. The van der Waals surface area contributed by atoms with E-state index >= 15 is 0 Å². The van der Waals surface area contributed by atoms with E-state index in [9.17, 15) is 4.79 Å². The van der Waals surface area contributed by atoms with Crippen LogP contribution in [0.15, 0.2) is 46.5 Å². The van der Waals surface area contributed by atoms with Crippen molar-refractivity contribution in [2.24, 2.45) is 0 Å². The van der Waals surface area contributed by atoms with Crippen LogP contribution in [0, 0.1) is 0 Å². The van der Waals surface area contributed by atoms with E-state index in [4.69, 9.17) is 4.74 Å². The molecule has 0 spiro atoms. The van der Waals surface area contributed by atoms with Crippen LogP contribution in [0.2, 0.25) is 0 Å². The summed E-state index contributed by atoms with van der Waals surface area (Å²) in [7, 11) is 1.61. The van der Waals surface area contributed by atoms with Crippen LogP contribution in [0.5, 0.6) is 11.5 Å². The van der Waals surface area contributed by atoms with E-state index in [2.05, 4.69) is 10.3 Å². The molecule has 0 radical (unpaired) electrons. The smallest absolute Gasteiger partial charge is 0.251 e. The van der Waals surface area contributed by atoms with E-state index in [0.29, 0.717) is 11.3 Å². The molecule has 2 heterocycles. The second-order valence-corrected chi connectivity index (χ2v) is 4.78. The predicted molar refractivity (Wildman–Crippen MR) is 68.3 cm³/mol. The number of nitrogens with one attached hydrogen (secondary N) is 1. The molecular weight excluding hydrogens is 248 g/mol. The number of fused-ring (bicyclic) bond motifs is 2. The van der Waals surface area contributed by atoms with Gasteiger partial charge in [0.1, 0.15) is 10.8 Å². The molecule has 0 bridgehead atoms. The summed E-state index contributed by atoms with van der Waals surface area (Å²) in [6, 6.07) is 9.10. The highest BCUT2D eigenvalue weighted by atomic mass is 32.2. The van der Waals surface area contributed by atoms with Crippen LogP contribution < -0.4 is 10.1 Å². The summed E-state index contributed by atoms with van der Waals surface area (Å²) >= 11 is 1.54. The van der Waals surface area contributed by atoms with Crippen molar-refractivity contribution in [1.29, 1.82) is 0 Å². The van der Waals surface area contributed by atoms with Gasteiger partial charge < -0.3 is 10.1 Å². The van der Waals surface area contributed by atoms with E-state index in [0.717, 1.165) is 15.7 Å². The van der Waals surface area contributed by atoms with Gasteiger partial charge in [-0.25, -0.2) is 4.98 Å². The molecule has 0 saturated heterocycles. The fourth-order valence-corrected chi connectivity index (χ4v) is 2.58. The van der Waals surface area contributed by atoms with Crippen LogP contribution >= 0.6 is 11.8 Å². The van der Waals surface area contributed by atoms with Crippen LogP contribution in [-0.2, 0) is 0 Å². The van der Waals surface area contributed by atoms with Crippen LogP contribution in [0.4, 0.5) is 0 Å². The van der Waals surface area contributed by atoms with Crippen LogP contribution in [0.3, 0.4) is 0 Å². The lowest BCUT2D eigenvalue weighted by Crippen LogP contribution is -2.17. The van der Waals surface area contributed by atoms with Gasteiger partial charge in [-0.05, 0) is 30.3 Å². The molecule has 4 nitrogen and oxygen atoms in total. The van der Waals surface area contributed by atoms with Gasteiger partial charge in [0.2, 0.25) is 0 Å². The van der Waals surface area contributed by atoms with Gasteiger partial charge in [-0.15, -0.1) is 0 Å². The summed E-state index contributed by atoms with van der Waals surface area (Å²) in [6.07, 6.45) is 1.74. The number of carbonyl (C=O) groups is 1. The van der Waals surface area contributed by atoms with Crippen LogP contribution in [-0.4, -0.2) is 17.9 Å². The number of nitrogens with zero attached hydrogens (tertiary/aromatic N) is 1. The summed E-state index contributed by atoms with van der Waals surface area (Å²) in [5.41, 5.74) is 0.587. The van der Waals surface area contributed by atoms with Gasteiger partial charge in [0, 0.05) is 18.8 Å². The van der Waals surface area contributed by atoms with Gasteiger partial charge in [-0.1, -0.05) is 11.8 Å². The zero-order chi connectivity index (χ0) is 12.5. The highest BCUT2D eigenvalue weighted by molar-refractivity contribution is 7.99. The van der Waals surface area contributed by atoms with E-state index < -0.39 is 0 Å². The Morgan fingerprint density at radius 2 is 2.22 bits per heavy atom. The largest absolute Gasteiger partial charge is 0.453 e. The van der Waals surface area contributed by atoms with Gasteiger partial charge >= 0.3 is 0 Å². The normalized spacial score (nSPS) is 12.1. The SMILES string of the molecule is CNC(=O)c1ccc2c(c1)Oc1cccnc1S2. The molecule has 1 aromatic heterocycles. The number of benzene rings is 1. The minimum Gasteiger partial charge on any atom is -0.453 e. The zero-order valence-electron chi connectivity index (χ0n) is 9.64. The zero-order valence-corrected chi connectivity index (χ0v) is 10.5. The molecule has 90 valence electrons. The Bertz CT molecular complexity index is 628. The van der Waals surface area contributed by atoms with Crippen LogP contribution in [0.25, 0.3) is 0 Å². The molecule has 1 N–H and O–H groups in total. The van der Waals surface area contributed by atoms with Crippen molar-refractivity contribution in [3.05, 3.63) is 42.1 Å². The maximum Gasteiger partial charge on any atom is 0.251 e. The number of rotatable bonds is 1. The lowest BCUT2D eigenvalue weighted by atomic mass is 10.2. The standard InChI is InChI=1S/C13H10N2O2S/c1-14-12(16)8-4-5-11-10(7-8)17-9-3-2-6-15-13(9)18-11/h2-7H,1H3,(H,14,16). The third-order valence-corrected chi connectivity index (χ3v) is 3.65. The Morgan fingerprint density at radius 1 is 1.33 bits per heavy atom. The van der Waals surface area contributed by atoms with Gasteiger partial charge in [0.15, 0.2) is 5.75 Å². The average molecular weight is 258 g/mol. The molecule has 5 heteroatoms. The third-order valence-electron chi connectivity index (χ3n) is 2.60. The Balaban J connectivity index is 2.01. The van der Waals surface area contributed by atoms with Crippen molar-refractivity contribution in [1.82, 2.24) is 10.3 Å². The lowest BCUT2D eigenvalue weighted by molar-refractivity contribution is 0.0962. The maximum atomic E-state index is 11.6. The number of hydrogen-bond donors (Lipinski definition) is 1. The molecule has 3 rings (SSSR count). The first-order chi connectivity index (χ1) is 8.78. The number of ether oxygens (including phenoxy) is 1. The van der Waals surface area contributed by atoms with Crippen molar-refractivity contribution in [3.8, 4) is 11.5 Å². The molecule has 0 fully saturated rings. The van der Waals surface area contributed by atoms with Crippen LogP contribution in [0.1, 0.15) is 10.4 Å². The molecule has 1 aliphatic heterocycles. The second-order valence-electron chi connectivity index (χ2n) is 3.75. The molecule has 1 aromatic carbocycles. The lowest BCUT2D eigenvalue weighted by Gasteiger charge is -2.18. The summed E-state index contributed by atoms with van der Waals surface area (Å²) in [5.74, 6) is 1.30. The first-order valence-electron chi connectivity index (χ1n) is 5.45. The fraction of sp³-hybridized carbons (Fsp3) is 0.0769. The number of pyridine rings is 1. The van der Waals surface area contributed by atoms with Gasteiger partial charge in [-0.2, -0.15) is 0 Å². The summed E-state index contributed by atoms with van der Waals surface area (Å²) < 4.78 is 5.75. The summed E-state index contributed by atoms with van der Waals surface area (Å²) in [5, 5.41) is 3.44. The second kappa shape index (κ2) is 4.34. The minimum atomic E-state index is -0.122. The summed E-state index contributed by atoms with van der Waals surface area (Å²) in [6.45, 7) is 0. The maximum absolute atomic E-state index is 11.6.